The van der Waals surface area contributed by atoms with Crippen LogP contribution < -0.4 is 15.8 Å². The van der Waals surface area contributed by atoms with E-state index in [4.69, 9.17) is 10.5 Å². The summed E-state index contributed by atoms with van der Waals surface area (Å²) in [6.45, 7) is 1.28. The van der Waals surface area contributed by atoms with Gasteiger partial charge in [0.1, 0.15) is 5.75 Å². The molecule has 0 unspecified atom stereocenters. The van der Waals surface area contributed by atoms with Crippen molar-refractivity contribution in [3.8, 4) is 5.75 Å². The smallest absolute Gasteiger partial charge is 0.254 e. The van der Waals surface area contributed by atoms with Crippen LogP contribution in [0, 0.1) is 0 Å². The second-order valence-electron chi connectivity index (χ2n) is 6.59. The van der Waals surface area contributed by atoms with Gasteiger partial charge in [-0.25, -0.2) is 9.97 Å². The van der Waals surface area contributed by atoms with Crippen LogP contribution in [0.2, 0.25) is 0 Å². The number of carbonyl (C=O) groups is 1. The Bertz CT molecular complexity index is 991. The van der Waals surface area contributed by atoms with E-state index in [2.05, 4.69) is 15.3 Å². The maximum Gasteiger partial charge on any atom is 0.254 e. The molecule has 0 saturated carbocycles. The van der Waals surface area contributed by atoms with E-state index in [0.717, 1.165) is 17.3 Å². The molecule has 1 amide bonds. The first-order chi connectivity index (χ1) is 13.1. The van der Waals surface area contributed by atoms with Crippen molar-refractivity contribution in [1.29, 1.82) is 0 Å². The Morgan fingerprint density at radius 3 is 3.00 bits per heavy atom. The molecule has 7 heteroatoms. The average Bonchev–Trinajstić information content (AvgIpc) is 3.16. The maximum atomic E-state index is 12.8. The van der Waals surface area contributed by atoms with Crippen LogP contribution in [0.3, 0.4) is 0 Å². The minimum Gasteiger partial charge on any atom is -0.495 e. The average molecular weight is 363 g/mol. The summed E-state index contributed by atoms with van der Waals surface area (Å²) >= 11 is 0. The predicted molar refractivity (Wildman–Crippen MR) is 105 cm³/mol. The number of rotatable bonds is 4. The molecule has 1 aromatic heterocycles. The zero-order chi connectivity index (χ0) is 18.8. The lowest BCUT2D eigenvalue weighted by molar-refractivity contribution is 0.0791. The summed E-state index contributed by atoms with van der Waals surface area (Å²) < 4.78 is 5.21. The van der Waals surface area contributed by atoms with E-state index in [-0.39, 0.29) is 11.9 Å². The quantitative estimate of drug-likeness (QED) is 0.692. The molecular formula is C20H21N5O2. The molecule has 2 heterocycles. The van der Waals surface area contributed by atoms with E-state index in [1.165, 1.54) is 0 Å². The van der Waals surface area contributed by atoms with Gasteiger partial charge in [-0.3, -0.25) is 4.79 Å². The molecule has 0 spiro atoms. The Morgan fingerprint density at radius 1 is 1.30 bits per heavy atom. The first-order valence-electron chi connectivity index (χ1n) is 8.85. The summed E-state index contributed by atoms with van der Waals surface area (Å²) in [6.07, 6.45) is 2.65. The number of nitrogens with two attached hydrogens (primary N) is 1. The maximum absolute atomic E-state index is 12.8. The van der Waals surface area contributed by atoms with Crippen LogP contribution in [0.4, 0.5) is 11.6 Å². The van der Waals surface area contributed by atoms with Crippen LogP contribution >= 0.6 is 0 Å². The van der Waals surface area contributed by atoms with Crippen LogP contribution in [0.5, 0.6) is 5.75 Å². The Hall–Kier alpha value is -3.35. The number of hydrogen-bond acceptors (Lipinski definition) is 6. The van der Waals surface area contributed by atoms with Gasteiger partial charge in [0, 0.05) is 36.3 Å². The summed E-state index contributed by atoms with van der Waals surface area (Å²) in [6, 6.07) is 13.1. The molecule has 3 N–H and O–H groups in total. The summed E-state index contributed by atoms with van der Waals surface area (Å²) in [7, 11) is 1.54. The van der Waals surface area contributed by atoms with Gasteiger partial charge < -0.3 is 20.7 Å². The van der Waals surface area contributed by atoms with Gasteiger partial charge in [-0.15, -0.1) is 0 Å². The van der Waals surface area contributed by atoms with Crippen LogP contribution in [0.15, 0.2) is 48.7 Å². The fraction of sp³-hybridized carbons (Fsp3) is 0.250. The highest BCUT2D eigenvalue weighted by molar-refractivity contribution is 5.95. The topological polar surface area (TPSA) is 93.4 Å². The Morgan fingerprint density at radius 2 is 2.15 bits per heavy atom. The number of hydrogen-bond donors (Lipinski definition) is 2. The minimum atomic E-state index is -0.0305. The van der Waals surface area contributed by atoms with Gasteiger partial charge in [-0.1, -0.05) is 18.2 Å². The van der Waals surface area contributed by atoms with Crippen molar-refractivity contribution in [2.75, 3.05) is 31.2 Å². The number of benzene rings is 2. The normalized spacial score (nSPS) is 16.5. The number of nitrogen functional groups attached to an aromatic ring is 1. The number of nitrogens with one attached hydrogen (secondary N) is 1. The van der Waals surface area contributed by atoms with Gasteiger partial charge in [0.2, 0.25) is 5.95 Å². The number of aromatic nitrogens is 2. The zero-order valence-corrected chi connectivity index (χ0v) is 15.1. The van der Waals surface area contributed by atoms with Crippen molar-refractivity contribution in [3.05, 3.63) is 54.2 Å². The molecular weight excluding hydrogens is 342 g/mol. The number of ether oxygens (including phenoxy) is 1. The standard InChI is InChI=1S/C20H21N5O2/c1-27-18-10-13(6-7-16(18)21)19(26)25-9-8-15(12-25)23-20-22-11-14-4-2-3-5-17(14)24-20/h2-7,10-11,15H,8-9,12,21H2,1H3,(H,22,23,24)/t15-/m1/s1. The highest BCUT2D eigenvalue weighted by Crippen LogP contribution is 2.24. The third kappa shape index (κ3) is 3.48. The number of carbonyl (C=O) groups excluding carboxylic acids is 1. The van der Waals surface area contributed by atoms with E-state index in [9.17, 15) is 4.79 Å². The molecule has 3 aromatic rings. The molecule has 1 fully saturated rings. The number of anilines is 2. The molecule has 2 aromatic carbocycles. The second kappa shape index (κ2) is 7.11. The number of methoxy groups -OCH3 is 1. The lowest BCUT2D eigenvalue weighted by Gasteiger charge is -2.18. The molecule has 1 saturated heterocycles. The zero-order valence-electron chi connectivity index (χ0n) is 15.1. The van der Waals surface area contributed by atoms with Crippen molar-refractivity contribution >= 4 is 28.4 Å². The first kappa shape index (κ1) is 17.1. The fourth-order valence-electron chi connectivity index (χ4n) is 3.31. The SMILES string of the molecule is COc1cc(C(=O)N2CC[C@@H](Nc3ncc4ccccc4n3)C2)ccc1N. The van der Waals surface area contributed by atoms with Crippen molar-refractivity contribution < 1.29 is 9.53 Å². The molecule has 1 atom stereocenters. The van der Waals surface area contributed by atoms with Crippen molar-refractivity contribution in [3.63, 3.8) is 0 Å². The van der Waals surface area contributed by atoms with E-state index in [1.54, 1.807) is 25.3 Å². The van der Waals surface area contributed by atoms with Gasteiger partial charge in [0.25, 0.3) is 5.91 Å². The highest BCUT2D eigenvalue weighted by atomic mass is 16.5. The van der Waals surface area contributed by atoms with Crippen molar-refractivity contribution in [2.45, 2.75) is 12.5 Å². The monoisotopic (exact) mass is 363 g/mol. The molecule has 0 radical (unpaired) electrons. The minimum absolute atomic E-state index is 0.0305. The molecule has 1 aliphatic rings. The Labute approximate surface area is 157 Å². The number of fused-ring (bicyclic) bond motifs is 1. The molecule has 7 nitrogen and oxygen atoms in total. The molecule has 4 rings (SSSR count). The molecule has 27 heavy (non-hydrogen) atoms. The van der Waals surface area contributed by atoms with Crippen LogP contribution in [-0.4, -0.2) is 47.0 Å². The van der Waals surface area contributed by atoms with E-state index >= 15 is 0 Å². The highest BCUT2D eigenvalue weighted by Gasteiger charge is 2.27. The number of nitrogens with zero attached hydrogens (tertiary/aromatic N) is 3. The Balaban J connectivity index is 1.44. The van der Waals surface area contributed by atoms with Gasteiger partial charge in [-0.05, 0) is 30.7 Å². The lowest BCUT2D eigenvalue weighted by atomic mass is 10.1. The Kier molecular flexibility index (Phi) is 4.50. The van der Waals surface area contributed by atoms with Gasteiger partial charge >= 0.3 is 0 Å². The third-order valence-corrected chi connectivity index (χ3v) is 4.78. The second-order valence-corrected chi connectivity index (χ2v) is 6.59. The predicted octanol–water partition coefficient (Wildman–Crippen LogP) is 2.55. The van der Waals surface area contributed by atoms with E-state index in [1.807, 2.05) is 35.4 Å². The summed E-state index contributed by atoms with van der Waals surface area (Å²) in [5.74, 6) is 1.07. The molecule has 138 valence electrons. The van der Waals surface area contributed by atoms with Crippen molar-refractivity contribution in [1.82, 2.24) is 14.9 Å². The van der Waals surface area contributed by atoms with Crippen LogP contribution in [0.25, 0.3) is 10.9 Å². The third-order valence-electron chi connectivity index (χ3n) is 4.78. The fourth-order valence-corrected chi connectivity index (χ4v) is 3.31. The number of likely N-dealkylation sites (tertiary alicyclic amines) is 1. The molecule has 1 aliphatic heterocycles. The van der Waals surface area contributed by atoms with E-state index < -0.39 is 0 Å². The van der Waals surface area contributed by atoms with Crippen molar-refractivity contribution in [2.24, 2.45) is 0 Å². The lowest BCUT2D eigenvalue weighted by Crippen LogP contribution is -2.31. The summed E-state index contributed by atoms with van der Waals surface area (Å²) in [5.41, 5.74) is 7.82. The van der Waals surface area contributed by atoms with E-state index in [0.29, 0.717) is 36.0 Å². The van der Waals surface area contributed by atoms with Gasteiger partial charge in [0.15, 0.2) is 0 Å². The van der Waals surface area contributed by atoms with Crippen LogP contribution in [-0.2, 0) is 0 Å². The summed E-state index contributed by atoms with van der Waals surface area (Å²) in [5, 5.41) is 4.34. The number of amides is 1. The largest absolute Gasteiger partial charge is 0.495 e. The molecule has 0 bridgehead atoms. The van der Waals surface area contributed by atoms with Gasteiger partial charge in [-0.2, -0.15) is 0 Å². The summed E-state index contributed by atoms with van der Waals surface area (Å²) in [4.78, 5) is 23.5. The first-order valence-corrected chi connectivity index (χ1v) is 8.85. The van der Waals surface area contributed by atoms with Crippen LogP contribution in [0.1, 0.15) is 16.8 Å². The molecule has 0 aliphatic carbocycles. The number of para-hydroxylation sites is 1. The van der Waals surface area contributed by atoms with Gasteiger partial charge in [0.05, 0.1) is 18.3 Å².